The average Bonchev–Trinajstić information content (AvgIpc) is 3.90. The largest absolute Gasteiger partial charge is 0.455 e. The predicted molar refractivity (Wildman–Crippen MR) is 271 cm³/mol. The predicted octanol–water partition coefficient (Wildman–Crippen LogP) is 15.8. The second-order valence-electron chi connectivity index (χ2n) is 17.8. The zero-order chi connectivity index (χ0) is 44.8. The van der Waals surface area contributed by atoms with Crippen LogP contribution in [0.3, 0.4) is 0 Å². The van der Waals surface area contributed by atoms with Crippen molar-refractivity contribution >= 4 is 61.1 Å². The van der Waals surface area contributed by atoms with Crippen LogP contribution in [0.5, 0.6) is 0 Å². The number of hydrogen-bond acceptors (Lipinski definition) is 5. The van der Waals surface area contributed by atoms with Gasteiger partial charge in [-0.1, -0.05) is 134 Å². The zero-order valence-electron chi connectivity index (χ0n) is 36.6. The fraction of sp³-hybridized carbons (Fsp3) is 0.0645. The van der Waals surface area contributed by atoms with Crippen LogP contribution in [0.1, 0.15) is 34.7 Å². The summed E-state index contributed by atoms with van der Waals surface area (Å²) in [4.78, 5) is 4.63. The van der Waals surface area contributed by atoms with Gasteiger partial charge in [-0.05, 0) is 141 Å². The highest BCUT2D eigenvalue weighted by molar-refractivity contribution is 6.17. The van der Waals surface area contributed by atoms with Crippen molar-refractivity contribution in [3.05, 3.63) is 246 Å². The number of nitriles is 2. The molecule has 3 atom stereocenters. The number of anilines is 5. The van der Waals surface area contributed by atoms with E-state index in [0.717, 1.165) is 72.8 Å². The maximum atomic E-state index is 10.0. The van der Waals surface area contributed by atoms with Gasteiger partial charge in [0.1, 0.15) is 11.2 Å². The minimum Gasteiger partial charge on any atom is -0.455 e. The molecule has 0 saturated carbocycles. The van der Waals surface area contributed by atoms with E-state index >= 15 is 0 Å². The van der Waals surface area contributed by atoms with E-state index in [1.165, 1.54) is 38.6 Å². The quantitative estimate of drug-likeness (QED) is 0.167. The number of allylic oxidation sites excluding steroid dienone is 3. The molecule has 5 nitrogen and oxygen atoms in total. The molecule has 5 heteroatoms. The molecule has 67 heavy (non-hydrogen) atoms. The average molecular weight is 857 g/mol. The van der Waals surface area contributed by atoms with Crippen LogP contribution in [0.15, 0.2) is 222 Å². The van der Waals surface area contributed by atoms with E-state index in [0.29, 0.717) is 5.56 Å². The molecule has 0 saturated heterocycles. The summed E-state index contributed by atoms with van der Waals surface area (Å²) in [7, 11) is 0. The van der Waals surface area contributed by atoms with Crippen molar-refractivity contribution in [2.75, 3.05) is 9.80 Å². The minimum atomic E-state index is -0.807. The van der Waals surface area contributed by atoms with Gasteiger partial charge in [-0.3, -0.25) is 0 Å². The van der Waals surface area contributed by atoms with Crippen LogP contribution >= 0.6 is 0 Å². The van der Waals surface area contributed by atoms with Crippen molar-refractivity contribution < 1.29 is 4.42 Å². The van der Waals surface area contributed by atoms with E-state index in [9.17, 15) is 10.5 Å². The molecule has 314 valence electrons. The summed E-state index contributed by atoms with van der Waals surface area (Å²) in [5, 5.41) is 24.4. The van der Waals surface area contributed by atoms with Crippen molar-refractivity contribution in [1.29, 1.82) is 10.5 Å². The lowest BCUT2D eigenvalue weighted by Crippen LogP contribution is -2.32. The lowest BCUT2D eigenvalue weighted by Gasteiger charge is -2.40. The third-order valence-electron chi connectivity index (χ3n) is 14.3. The Morgan fingerprint density at radius 2 is 1.15 bits per heavy atom. The Morgan fingerprint density at radius 3 is 1.84 bits per heavy atom. The summed E-state index contributed by atoms with van der Waals surface area (Å²) in [6.07, 6.45) is 6.39. The van der Waals surface area contributed by atoms with Crippen LogP contribution in [0, 0.1) is 34.5 Å². The summed E-state index contributed by atoms with van der Waals surface area (Å²) in [6.45, 7) is 2.12. The van der Waals surface area contributed by atoms with Crippen LogP contribution in [-0.4, -0.2) is 0 Å². The molecular weight excluding hydrogens is 817 g/mol. The molecule has 3 aliphatic rings. The molecule has 3 unspecified atom stereocenters. The van der Waals surface area contributed by atoms with E-state index < -0.39 is 5.41 Å². The number of rotatable bonds is 6. The third-order valence-corrected chi connectivity index (χ3v) is 14.3. The second kappa shape index (κ2) is 14.8. The van der Waals surface area contributed by atoms with Gasteiger partial charge in [-0.15, -0.1) is 0 Å². The Balaban J connectivity index is 1.15. The van der Waals surface area contributed by atoms with Crippen LogP contribution in [0.2, 0.25) is 0 Å². The lowest BCUT2D eigenvalue weighted by molar-refractivity contribution is 0.610. The fourth-order valence-corrected chi connectivity index (χ4v) is 11.4. The number of nitrogens with zero attached hydrogens (tertiary/aromatic N) is 4. The summed E-state index contributed by atoms with van der Waals surface area (Å²) >= 11 is 0. The Morgan fingerprint density at radius 1 is 0.522 bits per heavy atom. The van der Waals surface area contributed by atoms with Crippen LogP contribution in [0.25, 0.3) is 55.0 Å². The summed E-state index contributed by atoms with van der Waals surface area (Å²) in [5.41, 5.74) is 17.0. The Bertz CT molecular complexity index is 3810. The Hall–Kier alpha value is -8.90. The maximum Gasteiger partial charge on any atom is 0.143 e. The van der Waals surface area contributed by atoms with Crippen molar-refractivity contribution in [3.63, 3.8) is 0 Å². The van der Waals surface area contributed by atoms with E-state index in [1.54, 1.807) is 0 Å². The standard InChI is InChI=1S/C62H40N4O/c1-39-34-46(27-24-42(39)38-64)66(44-16-6-3-7-17-44)48-29-31-50-49-30-28-47(65(43-14-4-2-5-15-43)45-25-22-40(37-63)23-26-45)35-56(49)62(57(50)36-48)54-20-11-13-41-12-10-19-53(59(41)54)60-55(62)33-32-52-51-18-8-9-21-58(51)67-61(52)60/h2-36,39,42H,1H3. The SMILES string of the molecule is CC1C=C(N(c2ccccc2)c2ccc3c(c2)C2(c4cc(N(c5ccccc5)c5ccc(C#N)cc5)ccc4-3)c3ccc4c(oc5ccccc54)c3-c3cccc4cccc2c34)C=CC1C#N. The van der Waals surface area contributed by atoms with Crippen molar-refractivity contribution in [2.24, 2.45) is 11.8 Å². The molecule has 0 bridgehead atoms. The number of hydrogen-bond donors (Lipinski definition) is 0. The highest BCUT2D eigenvalue weighted by atomic mass is 16.3. The molecule has 13 rings (SSSR count). The van der Waals surface area contributed by atoms with Crippen molar-refractivity contribution in [3.8, 4) is 34.4 Å². The molecule has 0 aliphatic heterocycles. The molecule has 0 radical (unpaired) electrons. The molecule has 3 aliphatic carbocycles. The van der Waals surface area contributed by atoms with Gasteiger partial charge in [-0.2, -0.15) is 10.5 Å². The number of para-hydroxylation sites is 3. The first-order chi connectivity index (χ1) is 33.0. The summed E-state index contributed by atoms with van der Waals surface area (Å²) in [6, 6.07) is 74.1. The number of fused-ring (bicyclic) bond motifs is 13. The molecule has 10 aromatic rings. The lowest BCUT2D eigenvalue weighted by atomic mass is 9.61. The zero-order valence-corrected chi connectivity index (χ0v) is 36.6. The van der Waals surface area contributed by atoms with Gasteiger partial charge >= 0.3 is 0 Å². The number of benzene rings is 9. The van der Waals surface area contributed by atoms with Crippen molar-refractivity contribution in [2.45, 2.75) is 12.3 Å². The molecule has 1 spiro atoms. The van der Waals surface area contributed by atoms with Gasteiger partial charge in [0, 0.05) is 50.5 Å². The third kappa shape index (κ3) is 5.59. The van der Waals surface area contributed by atoms with Crippen LogP contribution in [0.4, 0.5) is 28.4 Å². The van der Waals surface area contributed by atoms with Crippen molar-refractivity contribution in [1.82, 2.24) is 0 Å². The number of furan rings is 1. The second-order valence-corrected chi connectivity index (χ2v) is 17.8. The highest BCUT2D eigenvalue weighted by Crippen LogP contribution is 2.64. The molecule has 0 fully saturated rings. The van der Waals surface area contributed by atoms with Gasteiger partial charge in [-0.25, -0.2) is 0 Å². The molecule has 0 N–H and O–H groups in total. The normalized spacial score (nSPS) is 17.4. The Labute approximate surface area is 388 Å². The smallest absolute Gasteiger partial charge is 0.143 e. The first-order valence-corrected chi connectivity index (χ1v) is 22.8. The van der Waals surface area contributed by atoms with E-state index in [1.807, 2.05) is 42.5 Å². The van der Waals surface area contributed by atoms with Gasteiger partial charge in [0.2, 0.25) is 0 Å². The minimum absolute atomic E-state index is 0.0360. The monoisotopic (exact) mass is 856 g/mol. The molecule has 1 heterocycles. The van der Waals surface area contributed by atoms with Gasteiger partial charge in [0.25, 0.3) is 0 Å². The molecule has 0 amide bonds. The highest BCUT2D eigenvalue weighted by Gasteiger charge is 2.51. The van der Waals surface area contributed by atoms with Gasteiger partial charge < -0.3 is 14.2 Å². The summed E-state index contributed by atoms with van der Waals surface area (Å²) < 4.78 is 7.02. The maximum absolute atomic E-state index is 10.0. The van der Waals surface area contributed by atoms with E-state index in [-0.39, 0.29) is 11.8 Å². The van der Waals surface area contributed by atoms with E-state index in [2.05, 4.69) is 199 Å². The summed E-state index contributed by atoms with van der Waals surface area (Å²) in [5.74, 6) is -0.156. The first kappa shape index (κ1) is 38.5. The van der Waals surface area contributed by atoms with Crippen LogP contribution < -0.4 is 9.80 Å². The first-order valence-electron chi connectivity index (χ1n) is 22.8. The fourth-order valence-electron chi connectivity index (χ4n) is 11.4. The van der Waals surface area contributed by atoms with Crippen LogP contribution in [-0.2, 0) is 5.41 Å². The molecule has 1 aromatic heterocycles. The Kier molecular flexibility index (Phi) is 8.53. The van der Waals surface area contributed by atoms with Gasteiger partial charge in [0.05, 0.1) is 29.0 Å². The molecular formula is C62H40N4O. The van der Waals surface area contributed by atoms with E-state index in [4.69, 9.17) is 4.42 Å². The topological polar surface area (TPSA) is 67.2 Å². The van der Waals surface area contributed by atoms with Gasteiger partial charge in [0.15, 0.2) is 0 Å². The molecule has 9 aromatic carbocycles.